The molecule has 10 heteroatoms. The summed E-state index contributed by atoms with van der Waals surface area (Å²) in [4.78, 5) is -0.352. The number of sulfonamides is 1. The number of hydrogen-bond acceptors (Lipinski definition) is 4. The summed E-state index contributed by atoms with van der Waals surface area (Å²) >= 11 is 0. The number of rotatable bonds is 7. The summed E-state index contributed by atoms with van der Waals surface area (Å²) in [6.07, 6.45) is 0. The zero-order valence-corrected chi connectivity index (χ0v) is 27.4. The lowest BCUT2D eigenvalue weighted by Crippen LogP contribution is -2.37. The van der Waals surface area contributed by atoms with E-state index in [9.17, 15) is 21.4 Å². The highest BCUT2D eigenvalue weighted by molar-refractivity contribution is 7.89. The van der Waals surface area contributed by atoms with Crippen molar-refractivity contribution in [2.45, 2.75) is 69.0 Å². The van der Waals surface area contributed by atoms with Crippen molar-refractivity contribution in [1.82, 2.24) is 4.72 Å². The van der Waals surface area contributed by atoms with E-state index in [4.69, 9.17) is 0 Å². The summed E-state index contributed by atoms with van der Waals surface area (Å²) in [5.74, 6) is 0. The van der Waals surface area contributed by atoms with E-state index in [1.807, 2.05) is 30.3 Å². The van der Waals surface area contributed by atoms with Crippen LogP contribution in [-0.2, 0) is 20.1 Å². The zero-order valence-electron chi connectivity index (χ0n) is 23.7. The van der Waals surface area contributed by atoms with Gasteiger partial charge in [0.1, 0.15) is 4.90 Å². The number of fused-ring (bicyclic) bond motifs is 2. The van der Waals surface area contributed by atoms with Gasteiger partial charge in [-0.05, 0) is 47.5 Å². The van der Waals surface area contributed by atoms with Crippen molar-refractivity contribution in [3.63, 3.8) is 0 Å². The van der Waals surface area contributed by atoms with Gasteiger partial charge in [0.25, 0.3) is 10.1 Å². The molecule has 4 rings (SSSR count). The van der Waals surface area contributed by atoms with E-state index in [0.717, 1.165) is 10.8 Å². The van der Waals surface area contributed by atoms with E-state index in [1.54, 1.807) is 32.0 Å². The Kier molecular flexibility index (Phi) is 7.55. The fourth-order valence-electron chi connectivity index (χ4n) is 4.88. The highest BCUT2D eigenvalue weighted by atomic mass is 32.2. The lowest BCUT2D eigenvalue weighted by molar-refractivity contribution is 0.483. The van der Waals surface area contributed by atoms with Crippen LogP contribution in [0.4, 0.5) is 0 Å². The summed E-state index contributed by atoms with van der Waals surface area (Å²) in [6, 6.07) is 17.9. The van der Waals surface area contributed by atoms with E-state index >= 15 is 0 Å². The Morgan fingerprint density at radius 2 is 1.05 bits per heavy atom. The molecule has 4 aromatic rings. The van der Waals surface area contributed by atoms with Crippen LogP contribution in [-0.4, -0.2) is 43.6 Å². The van der Waals surface area contributed by atoms with Crippen molar-refractivity contribution < 1.29 is 21.4 Å². The fourth-order valence-corrected chi connectivity index (χ4v) is 9.41. The lowest BCUT2D eigenvalue weighted by atomic mass is 9.93. The maximum atomic E-state index is 13.7. The molecule has 0 aromatic heterocycles. The zero-order chi connectivity index (χ0) is 29.1. The first-order valence-corrected chi connectivity index (χ1v) is 22.9. The van der Waals surface area contributed by atoms with Crippen LogP contribution >= 0.6 is 0 Å². The van der Waals surface area contributed by atoms with E-state index in [2.05, 4.69) is 50.1 Å². The van der Waals surface area contributed by atoms with E-state index in [-0.39, 0.29) is 27.0 Å². The standard InChI is InChI=1S/C29H37NO5S2Si2/c1-19(2)30-36(31,32)26-15-9-20-17-22(38(3,4)5)11-13-24(20)28(26)29-25-14-12-23(39(6,7)8)18-21(25)10-16-27(29)37(33,34)35/h9-19,30H,1-8H3,(H,33,34,35). The Balaban J connectivity index is 2.25. The molecular formula is C29H37NO5S2Si2. The van der Waals surface area contributed by atoms with Gasteiger partial charge in [-0.1, -0.05) is 98.2 Å². The molecule has 208 valence electrons. The Hall–Kier alpha value is -2.35. The van der Waals surface area contributed by atoms with Crippen molar-refractivity contribution in [2.24, 2.45) is 0 Å². The van der Waals surface area contributed by atoms with E-state index in [0.29, 0.717) is 10.8 Å². The SMILES string of the molecule is CC(C)NS(=O)(=O)c1ccc2cc([Si](C)(C)C)ccc2c1-c1c(S(=O)(=O)O)ccc2cc([Si](C)(C)C)ccc12. The average molecular weight is 600 g/mol. The van der Waals surface area contributed by atoms with E-state index in [1.165, 1.54) is 16.4 Å². The van der Waals surface area contributed by atoms with Gasteiger partial charge < -0.3 is 0 Å². The molecule has 0 bridgehead atoms. The molecule has 0 spiro atoms. The van der Waals surface area contributed by atoms with Crippen molar-refractivity contribution in [3.8, 4) is 11.1 Å². The molecule has 0 saturated heterocycles. The van der Waals surface area contributed by atoms with Gasteiger partial charge >= 0.3 is 0 Å². The predicted molar refractivity (Wildman–Crippen MR) is 168 cm³/mol. The van der Waals surface area contributed by atoms with Gasteiger partial charge in [-0.3, -0.25) is 4.55 Å². The Morgan fingerprint density at radius 3 is 1.44 bits per heavy atom. The Morgan fingerprint density at radius 1 is 0.641 bits per heavy atom. The summed E-state index contributed by atoms with van der Waals surface area (Å²) in [5, 5.41) is 5.15. The molecule has 39 heavy (non-hydrogen) atoms. The van der Waals surface area contributed by atoms with Gasteiger partial charge in [-0.15, -0.1) is 0 Å². The van der Waals surface area contributed by atoms with Gasteiger partial charge in [0.2, 0.25) is 10.0 Å². The first kappa shape index (κ1) is 29.6. The first-order valence-electron chi connectivity index (χ1n) is 13.0. The Bertz CT molecular complexity index is 1820. The monoisotopic (exact) mass is 599 g/mol. The summed E-state index contributed by atoms with van der Waals surface area (Å²) in [6.45, 7) is 16.9. The van der Waals surface area contributed by atoms with Crippen LogP contribution in [0.5, 0.6) is 0 Å². The molecule has 0 aliphatic heterocycles. The molecular weight excluding hydrogens is 563 g/mol. The van der Waals surface area contributed by atoms with Crippen LogP contribution in [0.2, 0.25) is 39.3 Å². The van der Waals surface area contributed by atoms with Crippen molar-refractivity contribution in [2.75, 3.05) is 0 Å². The molecule has 0 unspecified atom stereocenters. The summed E-state index contributed by atoms with van der Waals surface area (Å²) in [5.41, 5.74) is 0.453. The predicted octanol–water partition coefficient (Wildman–Crippen LogP) is 5.68. The van der Waals surface area contributed by atoms with Gasteiger partial charge in [-0.2, -0.15) is 8.42 Å². The van der Waals surface area contributed by atoms with Crippen LogP contribution in [0.25, 0.3) is 32.7 Å². The summed E-state index contributed by atoms with van der Waals surface area (Å²) < 4.78 is 65.9. The third-order valence-corrected chi connectivity index (χ3v) is 13.6. The van der Waals surface area contributed by atoms with Gasteiger partial charge in [0, 0.05) is 17.2 Å². The second-order valence-corrected chi connectivity index (χ2v) is 25.7. The molecule has 0 atom stereocenters. The quantitative estimate of drug-likeness (QED) is 0.210. The minimum atomic E-state index is -4.70. The molecule has 2 N–H and O–H groups in total. The third-order valence-electron chi connectivity index (χ3n) is 6.90. The van der Waals surface area contributed by atoms with Gasteiger partial charge in [-0.25, -0.2) is 13.1 Å². The second-order valence-electron chi connectivity index (χ2n) is 12.5. The number of nitrogens with one attached hydrogen (secondary N) is 1. The fraction of sp³-hybridized carbons (Fsp3) is 0.310. The van der Waals surface area contributed by atoms with Crippen LogP contribution < -0.4 is 15.1 Å². The first-order chi connectivity index (χ1) is 17.8. The van der Waals surface area contributed by atoms with Gasteiger partial charge in [0.15, 0.2) is 0 Å². The normalized spacial score (nSPS) is 13.5. The van der Waals surface area contributed by atoms with Crippen LogP contribution in [0.1, 0.15) is 13.8 Å². The molecule has 6 nitrogen and oxygen atoms in total. The summed E-state index contributed by atoms with van der Waals surface area (Å²) in [7, 11) is -12.1. The molecule has 0 amide bonds. The van der Waals surface area contributed by atoms with Crippen molar-refractivity contribution in [1.29, 1.82) is 0 Å². The third kappa shape index (κ3) is 5.91. The maximum Gasteiger partial charge on any atom is 0.295 e. The number of hydrogen-bond donors (Lipinski definition) is 2. The van der Waals surface area contributed by atoms with E-state index < -0.39 is 36.3 Å². The van der Waals surface area contributed by atoms with Crippen molar-refractivity contribution >= 4 is 68.2 Å². The minimum Gasteiger partial charge on any atom is -0.282 e. The topological polar surface area (TPSA) is 101 Å². The van der Waals surface area contributed by atoms with Crippen LogP contribution in [0.15, 0.2) is 70.5 Å². The lowest BCUT2D eigenvalue weighted by Gasteiger charge is -2.22. The van der Waals surface area contributed by atoms with Crippen molar-refractivity contribution in [3.05, 3.63) is 60.7 Å². The molecule has 4 aromatic carbocycles. The maximum absolute atomic E-state index is 13.7. The highest BCUT2D eigenvalue weighted by Crippen LogP contribution is 2.42. The smallest absolute Gasteiger partial charge is 0.282 e. The molecule has 0 aliphatic carbocycles. The number of benzene rings is 4. The van der Waals surface area contributed by atoms with Gasteiger partial charge in [0.05, 0.1) is 21.0 Å². The highest BCUT2D eigenvalue weighted by Gasteiger charge is 2.29. The minimum absolute atomic E-state index is 0.0314. The molecule has 0 saturated carbocycles. The largest absolute Gasteiger partial charge is 0.295 e. The van der Waals surface area contributed by atoms with Crippen LogP contribution in [0.3, 0.4) is 0 Å². The average Bonchev–Trinajstić information content (AvgIpc) is 2.79. The molecule has 0 heterocycles. The molecule has 0 radical (unpaired) electrons. The molecule has 0 fully saturated rings. The Labute approximate surface area is 234 Å². The molecule has 0 aliphatic rings. The second kappa shape index (κ2) is 9.93. The van der Waals surface area contributed by atoms with Crippen LogP contribution in [0, 0.1) is 0 Å².